The number of amides is 1. The lowest BCUT2D eigenvalue weighted by Gasteiger charge is -2.52. The van der Waals surface area contributed by atoms with Crippen LogP contribution in [-0.4, -0.2) is 16.8 Å². The monoisotopic (exact) mass is 467 g/mol. The van der Waals surface area contributed by atoms with Gasteiger partial charge in [-0.15, -0.1) is 6.58 Å². The van der Waals surface area contributed by atoms with E-state index in [0.717, 1.165) is 16.5 Å². The maximum Gasteiger partial charge on any atom is 0.229 e. The summed E-state index contributed by atoms with van der Waals surface area (Å²) >= 11 is 12.7. The van der Waals surface area contributed by atoms with E-state index in [-0.39, 0.29) is 12.0 Å². The van der Waals surface area contributed by atoms with E-state index in [2.05, 4.69) is 42.7 Å². The smallest absolute Gasteiger partial charge is 0.229 e. The van der Waals surface area contributed by atoms with Gasteiger partial charge in [-0.1, -0.05) is 60.5 Å². The van der Waals surface area contributed by atoms with Crippen LogP contribution in [0.1, 0.15) is 68.5 Å². The summed E-state index contributed by atoms with van der Waals surface area (Å²) in [6.45, 7) is 6.13. The third-order valence-electron chi connectivity index (χ3n) is 7.72. The van der Waals surface area contributed by atoms with Crippen LogP contribution in [0.5, 0.6) is 0 Å². The van der Waals surface area contributed by atoms with Crippen molar-refractivity contribution in [1.82, 2.24) is 4.90 Å². The summed E-state index contributed by atoms with van der Waals surface area (Å²) in [6, 6.07) is 16.7. The Morgan fingerprint density at radius 1 is 1.03 bits per heavy atom. The molecule has 1 aliphatic heterocycles. The van der Waals surface area contributed by atoms with Crippen LogP contribution < -0.4 is 0 Å². The van der Waals surface area contributed by atoms with E-state index in [4.69, 9.17) is 23.2 Å². The molecule has 0 bridgehead atoms. The van der Waals surface area contributed by atoms with Crippen LogP contribution in [0.25, 0.3) is 0 Å². The van der Waals surface area contributed by atoms with Crippen LogP contribution in [0.3, 0.4) is 0 Å². The molecule has 0 N–H and O–H groups in total. The van der Waals surface area contributed by atoms with Crippen molar-refractivity contribution in [1.29, 1.82) is 0 Å². The summed E-state index contributed by atoms with van der Waals surface area (Å²) < 4.78 is 0. The van der Waals surface area contributed by atoms with Crippen LogP contribution in [0.4, 0.5) is 0 Å². The third-order valence-corrected chi connectivity index (χ3v) is 8.20. The number of rotatable bonds is 7. The lowest BCUT2D eigenvalue weighted by molar-refractivity contribution is -0.156. The van der Waals surface area contributed by atoms with Crippen LogP contribution in [0, 0.1) is 17.3 Å². The Labute approximate surface area is 201 Å². The first-order chi connectivity index (χ1) is 15.4. The van der Waals surface area contributed by atoms with E-state index in [1.165, 1.54) is 36.8 Å². The molecule has 2 saturated carbocycles. The number of allylic oxidation sites excluding steroid dienone is 1. The van der Waals surface area contributed by atoms with Gasteiger partial charge in [0.15, 0.2) is 0 Å². The second kappa shape index (κ2) is 8.54. The van der Waals surface area contributed by atoms with Crippen molar-refractivity contribution in [2.24, 2.45) is 17.3 Å². The second-order valence-electron chi connectivity index (χ2n) is 10.3. The molecule has 3 atom stereocenters. The molecule has 4 heteroatoms. The average Bonchev–Trinajstić information content (AvgIpc) is 3.68. The molecule has 3 aliphatic rings. The molecule has 2 nitrogen and oxygen atoms in total. The largest absolute Gasteiger partial charge is 0.331 e. The van der Waals surface area contributed by atoms with Gasteiger partial charge in [0.1, 0.15) is 0 Å². The summed E-state index contributed by atoms with van der Waals surface area (Å²) in [7, 11) is 0. The van der Waals surface area contributed by atoms with E-state index < -0.39 is 5.41 Å². The molecule has 5 rings (SSSR count). The van der Waals surface area contributed by atoms with Gasteiger partial charge in [0.05, 0.1) is 11.5 Å². The first-order valence-electron chi connectivity index (χ1n) is 11.9. The predicted molar refractivity (Wildman–Crippen MR) is 132 cm³/mol. The zero-order valence-electron chi connectivity index (χ0n) is 18.6. The molecular formula is C28H31Cl2NO. The highest BCUT2D eigenvalue weighted by atomic mass is 35.5. The number of benzene rings is 2. The lowest BCUT2D eigenvalue weighted by Crippen LogP contribution is -2.56. The molecule has 1 amide bonds. The van der Waals surface area contributed by atoms with Crippen molar-refractivity contribution in [3.05, 3.63) is 82.4 Å². The maximum absolute atomic E-state index is 14.3. The number of carbonyl (C=O) groups is 1. The molecule has 2 aliphatic carbocycles. The van der Waals surface area contributed by atoms with Crippen molar-refractivity contribution in [2.75, 3.05) is 0 Å². The normalized spacial score (nSPS) is 28.2. The number of hydrogen-bond acceptors (Lipinski definition) is 1. The highest BCUT2D eigenvalue weighted by Crippen LogP contribution is 2.57. The molecule has 2 aromatic carbocycles. The fourth-order valence-electron chi connectivity index (χ4n) is 5.93. The van der Waals surface area contributed by atoms with Crippen molar-refractivity contribution in [2.45, 2.75) is 63.5 Å². The topological polar surface area (TPSA) is 20.3 Å². The van der Waals surface area contributed by atoms with Crippen LogP contribution >= 0.6 is 23.2 Å². The van der Waals surface area contributed by atoms with Gasteiger partial charge in [-0.3, -0.25) is 4.79 Å². The first-order valence-corrected chi connectivity index (χ1v) is 12.6. The van der Waals surface area contributed by atoms with Crippen molar-refractivity contribution in [3.8, 4) is 0 Å². The van der Waals surface area contributed by atoms with Crippen LogP contribution in [-0.2, 0) is 4.79 Å². The lowest BCUT2D eigenvalue weighted by atomic mass is 9.66. The zero-order valence-corrected chi connectivity index (χ0v) is 20.2. The minimum absolute atomic E-state index is 0.0117. The molecule has 1 unspecified atom stereocenters. The molecule has 1 heterocycles. The van der Waals surface area contributed by atoms with Gasteiger partial charge in [0.25, 0.3) is 0 Å². The highest BCUT2D eigenvalue weighted by Gasteiger charge is 2.56. The molecule has 0 aromatic heterocycles. The number of likely N-dealkylation sites (tertiary alicyclic amines) is 1. The number of halogens is 2. The minimum atomic E-state index is -0.459. The second-order valence-corrected chi connectivity index (χ2v) is 11.2. The summed E-state index contributed by atoms with van der Waals surface area (Å²) in [5, 5.41) is 1.46. The van der Waals surface area contributed by atoms with Crippen LogP contribution in [0.15, 0.2) is 61.2 Å². The highest BCUT2D eigenvalue weighted by molar-refractivity contribution is 6.30. The summed E-state index contributed by atoms with van der Waals surface area (Å²) in [6.07, 6.45) is 8.32. The maximum atomic E-state index is 14.3. The Bertz CT molecular complexity index is 998. The van der Waals surface area contributed by atoms with Crippen molar-refractivity contribution in [3.63, 3.8) is 0 Å². The minimum Gasteiger partial charge on any atom is -0.331 e. The molecule has 0 radical (unpaired) electrons. The van der Waals surface area contributed by atoms with E-state index in [9.17, 15) is 4.79 Å². The van der Waals surface area contributed by atoms with Gasteiger partial charge < -0.3 is 4.90 Å². The number of hydrogen-bond donors (Lipinski definition) is 0. The van der Waals surface area contributed by atoms with Crippen LogP contribution in [0.2, 0.25) is 10.0 Å². The molecule has 3 fully saturated rings. The summed E-state index contributed by atoms with van der Waals surface area (Å²) in [5.74, 6) is 1.72. The number of piperidine rings is 1. The fourth-order valence-corrected chi connectivity index (χ4v) is 6.26. The number of nitrogens with zero attached hydrogens (tertiary/aromatic N) is 1. The Hall–Kier alpha value is -1.77. The molecule has 2 aromatic rings. The molecule has 1 saturated heterocycles. The van der Waals surface area contributed by atoms with Gasteiger partial charge in [-0.2, -0.15) is 0 Å². The average molecular weight is 468 g/mol. The van der Waals surface area contributed by atoms with Gasteiger partial charge in [-0.05, 0) is 85.8 Å². The van der Waals surface area contributed by atoms with Gasteiger partial charge >= 0.3 is 0 Å². The zero-order chi connectivity index (χ0) is 22.5. The Morgan fingerprint density at radius 3 is 2.25 bits per heavy atom. The molecule has 168 valence electrons. The Kier molecular flexibility index (Phi) is 5.88. The van der Waals surface area contributed by atoms with E-state index >= 15 is 0 Å². The van der Waals surface area contributed by atoms with Gasteiger partial charge in [0, 0.05) is 22.0 Å². The van der Waals surface area contributed by atoms with E-state index in [0.29, 0.717) is 30.2 Å². The molecule has 32 heavy (non-hydrogen) atoms. The first kappa shape index (κ1) is 22.0. The quantitative estimate of drug-likeness (QED) is 0.379. The fraction of sp³-hybridized carbons (Fsp3) is 0.464. The third kappa shape index (κ3) is 4.13. The van der Waals surface area contributed by atoms with Gasteiger partial charge in [0.2, 0.25) is 5.91 Å². The standard InChI is InChI=1S/C28H31Cl2NO/c1-3-15-28(2)17-24(21-5-4-6-23(30)16-21)26(20-11-13-22(29)14-12-20)31(27(28)32)25(18-7-8-18)19-9-10-19/h3-6,11-14,16,18-19,24-26H,1,7-10,15,17H2,2H3/t24-,26?,28+/m1/s1. The summed E-state index contributed by atoms with van der Waals surface area (Å²) in [5.41, 5.74) is 1.91. The number of carbonyl (C=O) groups excluding carboxylic acids is 1. The summed E-state index contributed by atoms with van der Waals surface area (Å²) in [4.78, 5) is 16.6. The molecule has 0 spiro atoms. The molecular weight excluding hydrogens is 437 g/mol. The van der Waals surface area contributed by atoms with Crippen molar-refractivity contribution < 1.29 is 4.79 Å². The SMILES string of the molecule is C=CC[C@@]1(C)C[C@H](c2cccc(Cl)c2)C(c2ccc(Cl)cc2)N(C(C2CC2)C2CC2)C1=O. The van der Waals surface area contributed by atoms with E-state index in [1.807, 2.05) is 30.3 Å². The Morgan fingerprint density at radius 2 is 1.69 bits per heavy atom. The van der Waals surface area contributed by atoms with Crippen molar-refractivity contribution >= 4 is 29.1 Å². The van der Waals surface area contributed by atoms with E-state index in [1.54, 1.807) is 0 Å². The van der Waals surface area contributed by atoms with Gasteiger partial charge in [-0.25, -0.2) is 0 Å². The Balaban J connectivity index is 1.67. The predicted octanol–water partition coefficient (Wildman–Crippen LogP) is 7.82.